The van der Waals surface area contributed by atoms with Crippen LogP contribution in [0, 0.1) is 0 Å². The van der Waals surface area contributed by atoms with Gasteiger partial charge >= 0.3 is 0 Å². The summed E-state index contributed by atoms with van der Waals surface area (Å²) in [5, 5.41) is 2.89. The van der Waals surface area contributed by atoms with Crippen LogP contribution in [-0.2, 0) is 10.0 Å². The number of hydrogen-bond acceptors (Lipinski definition) is 4. The number of ketones is 1. The molecule has 0 saturated heterocycles. The molecule has 0 heterocycles. The van der Waals surface area contributed by atoms with Gasteiger partial charge in [0.05, 0.1) is 4.90 Å². The minimum Gasteiger partial charge on any atom is -0.318 e. The Balaban J connectivity index is 0.00000324. The number of sulfonamides is 1. The van der Waals surface area contributed by atoms with Crippen molar-refractivity contribution in [2.24, 2.45) is 0 Å². The van der Waals surface area contributed by atoms with Gasteiger partial charge in [0.15, 0.2) is 5.78 Å². The monoisotopic (exact) mass is 306 g/mol. The van der Waals surface area contributed by atoms with Gasteiger partial charge < -0.3 is 5.32 Å². The fraction of sp³-hybridized carbons (Fsp3) is 0.417. The molecule has 1 aromatic carbocycles. The highest BCUT2D eigenvalue weighted by molar-refractivity contribution is 7.89. The summed E-state index contributed by atoms with van der Waals surface area (Å²) in [5.74, 6) is -0.148. The molecule has 0 spiro atoms. The number of carbonyl (C=O) groups excluding carboxylic acids is 1. The first kappa shape index (κ1) is 18.0. The van der Waals surface area contributed by atoms with E-state index in [-0.39, 0.29) is 23.1 Å². The van der Waals surface area contributed by atoms with Gasteiger partial charge in [-0.3, -0.25) is 4.79 Å². The average Bonchev–Trinajstić information content (AvgIpc) is 2.35. The van der Waals surface area contributed by atoms with Crippen molar-refractivity contribution in [3.05, 3.63) is 29.8 Å². The molecular formula is C12H19ClN2O3S. The Morgan fingerprint density at radius 2 is 2.00 bits per heavy atom. The van der Waals surface area contributed by atoms with E-state index in [0.717, 1.165) is 0 Å². The number of nitrogens with zero attached hydrogens (tertiary/aromatic N) is 1. The van der Waals surface area contributed by atoms with Crippen LogP contribution >= 0.6 is 12.4 Å². The number of nitrogens with one attached hydrogen (secondary N) is 1. The lowest BCUT2D eigenvalue weighted by Gasteiger charge is -2.17. The molecule has 0 saturated carbocycles. The lowest BCUT2D eigenvalue weighted by molar-refractivity contribution is 0.101. The fourth-order valence-electron chi connectivity index (χ4n) is 1.44. The largest absolute Gasteiger partial charge is 0.318 e. The summed E-state index contributed by atoms with van der Waals surface area (Å²) in [4.78, 5) is 11.4. The summed E-state index contributed by atoms with van der Waals surface area (Å²) in [6.45, 7) is 2.36. The number of Topliss-reactive ketones (excluding diaryl/α,β-unsaturated/α-hetero) is 1. The summed E-state index contributed by atoms with van der Waals surface area (Å²) in [6.07, 6.45) is 0. The molecule has 0 unspecified atom stereocenters. The van der Waals surface area contributed by atoms with Crippen molar-refractivity contribution in [2.45, 2.75) is 11.8 Å². The van der Waals surface area contributed by atoms with E-state index in [1.54, 1.807) is 19.2 Å². The zero-order chi connectivity index (χ0) is 13.8. The molecule has 19 heavy (non-hydrogen) atoms. The second kappa shape index (κ2) is 7.59. The zero-order valence-corrected chi connectivity index (χ0v) is 12.8. The molecular weight excluding hydrogens is 288 g/mol. The maximum absolute atomic E-state index is 12.2. The van der Waals surface area contributed by atoms with Gasteiger partial charge in [-0.05, 0) is 26.1 Å². The number of benzene rings is 1. The second-order valence-corrected chi connectivity index (χ2v) is 6.06. The predicted molar refractivity (Wildman–Crippen MR) is 77.4 cm³/mol. The quantitative estimate of drug-likeness (QED) is 0.801. The molecule has 0 atom stereocenters. The maximum atomic E-state index is 12.2. The number of hydrogen-bond donors (Lipinski definition) is 1. The zero-order valence-electron chi connectivity index (χ0n) is 11.2. The van der Waals surface area contributed by atoms with Gasteiger partial charge in [-0.15, -0.1) is 12.4 Å². The number of halogens is 1. The van der Waals surface area contributed by atoms with Gasteiger partial charge in [0, 0.05) is 25.7 Å². The van der Waals surface area contributed by atoms with Gasteiger partial charge in [-0.1, -0.05) is 12.1 Å². The van der Waals surface area contributed by atoms with E-state index in [0.29, 0.717) is 18.7 Å². The Hall–Kier alpha value is -0.950. The third kappa shape index (κ3) is 4.58. The lowest BCUT2D eigenvalue weighted by Crippen LogP contribution is -2.32. The molecule has 0 aliphatic carbocycles. The standard InChI is InChI=1S/C12H18N2O3S.ClH/c1-10(15)11-5-4-6-12(9-11)18(16,17)14(3)8-7-13-2;/h4-6,9,13H,7-8H2,1-3H3;1H. The SMILES string of the molecule is CNCCN(C)S(=O)(=O)c1cccc(C(C)=O)c1.Cl. The van der Waals surface area contributed by atoms with Gasteiger partial charge in [-0.25, -0.2) is 8.42 Å². The van der Waals surface area contributed by atoms with Crippen LogP contribution in [0.4, 0.5) is 0 Å². The van der Waals surface area contributed by atoms with Crippen LogP contribution in [0.3, 0.4) is 0 Å². The minimum atomic E-state index is -3.53. The molecule has 0 aromatic heterocycles. The molecule has 1 N–H and O–H groups in total. The van der Waals surface area contributed by atoms with E-state index < -0.39 is 10.0 Å². The van der Waals surface area contributed by atoms with E-state index in [1.807, 2.05) is 0 Å². The van der Waals surface area contributed by atoms with Crippen LogP contribution in [-0.4, -0.2) is 45.7 Å². The van der Waals surface area contributed by atoms with Gasteiger partial charge in [-0.2, -0.15) is 4.31 Å². The summed E-state index contributed by atoms with van der Waals surface area (Å²) in [6, 6.07) is 6.09. The van der Waals surface area contributed by atoms with Crippen LogP contribution in [0.5, 0.6) is 0 Å². The molecule has 1 aromatic rings. The highest BCUT2D eigenvalue weighted by Crippen LogP contribution is 2.15. The minimum absolute atomic E-state index is 0. The molecule has 5 nitrogen and oxygen atoms in total. The Morgan fingerprint density at radius 1 is 1.37 bits per heavy atom. The van der Waals surface area contributed by atoms with Crippen LogP contribution in [0.25, 0.3) is 0 Å². The highest BCUT2D eigenvalue weighted by atomic mass is 35.5. The van der Waals surface area contributed by atoms with Crippen molar-refractivity contribution in [2.75, 3.05) is 27.2 Å². The molecule has 1 rings (SSSR count). The van der Waals surface area contributed by atoms with Gasteiger partial charge in [0.2, 0.25) is 10.0 Å². The van der Waals surface area contributed by atoms with Crippen LogP contribution in [0.1, 0.15) is 17.3 Å². The Labute approximate surface area is 120 Å². The average molecular weight is 307 g/mol. The van der Waals surface area contributed by atoms with Crippen molar-refractivity contribution < 1.29 is 13.2 Å². The number of likely N-dealkylation sites (N-methyl/N-ethyl adjacent to an activating group) is 2. The molecule has 0 fully saturated rings. The van der Waals surface area contributed by atoms with E-state index >= 15 is 0 Å². The molecule has 0 amide bonds. The first-order chi connectivity index (χ1) is 8.39. The summed E-state index contributed by atoms with van der Waals surface area (Å²) in [7, 11) is -0.244. The summed E-state index contributed by atoms with van der Waals surface area (Å²) >= 11 is 0. The van der Waals surface area contributed by atoms with E-state index in [9.17, 15) is 13.2 Å². The smallest absolute Gasteiger partial charge is 0.242 e. The first-order valence-electron chi connectivity index (χ1n) is 5.61. The molecule has 7 heteroatoms. The highest BCUT2D eigenvalue weighted by Gasteiger charge is 2.20. The summed E-state index contributed by atoms with van der Waals surface area (Å²) in [5.41, 5.74) is 0.401. The Kier molecular flexibility index (Phi) is 7.21. The third-order valence-corrected chi connectivity index (χ3v) is 4.48. The molecule has 108 valence electrons. The van der Waals surface area contributed by atoms with Gasteiger partial charge in [0.1, 0.15) is 0 Å². The van der Waals surface area contributed by atoms with E-state index in [1.165, 1.54) is 30.4 Å². The Bertz CT molecular complexity index is 532. The van der Waals surface area contributed by atoms with Crippen molar-refractivity contribution in [1.29, 1.82) is 0 Å². The van der Waals surface area contributed by atoms with Crippen molar-refractivity contribution in [1.82, 2.24) is 9.62 Å². The van der Waals surface area contributed by atoms with Crippen molar-refractivity contribution >= 4 is 28.2 Å². The normalized spacial score (nSPS) is 11.2. The molecule has 0 aliphatic rings. The van der Waals surface area contributed by atoms with E-state index in [4.69, 9.17) is 0 Å². The topological polar surface area (TPSA) is 66.5 Å². The van der Waals surface area contributed by atoms with Gasteiger partial charge in [0.25, 0.3) is 0 Å². The number of rotatable bonds is 6. The number of carbonyl (C=O) groups is 1. The molecule has 0 radical (unpaired) electrons. The first-order valence-corrected chi connectivity index (χ1v) is 7.05. The van der Waals surface area contributed by atoms with Crippen LogP contribution in [0.2, 0.25) is 0 Å². The van der Waals surface area contributed by atoms with Crippen molar-refractivity contribution in [3.63, 3.8) is 0 Å². The molecule has 0 bridgehead atoms. The molecule has 0 aliphatic heterocycles. The lowest BCUT2D eigenvalue weighted by atomic mass is 10.2. The van der Waals surface area contributed by atoms with Crippen LogP contribution < -0.4 is 5.32 Å². The second-order valence-electron chi connectivity index (χ2n) is 4.01. The van der Waals surface area contributed by atoms with E-state index in [2.05, 4.69) is 5.32 Å². The third-order valence-electron chi connectivity index (χ3n) is 2.63. The summed E-state index contributed by atoms with van der Waals surface area (Å²) < 4.78 is 25.7. The maximum Gasteiger partial charge on any atom is 0.242 e. The van der Waals surface area contributed by atoms with Crippen molar-refractivity contribution in [3.8, 4) is 0 Å². The Morgan fingerprint density at radius 3 is 2.53 bits per heavy atom. The predicted octanol–water partition coefficient (Wildman–Crippen LogP) is 1.15. The fourth-order valence-corrected chi connectivity index (χ4v) is 2.66. The van der Waals surface area contributed by atoms with Crippen LogP contribution in [0.15, 0.2) is 29.2 Å².